The molecule has 1 aliphatic rings. The van der Waals surface area contributed by atoms with E-state index in [1.807, 2.05) is 18.2 Å². The Bertz CT molecular complexity index is 580. The molecule has 118 valence electrons. The van der Waals surface area contributed by atoms with Gasteiger partial charge in [-0.05, 0) is 30.5 Å². The maximum absolute atomic E-state index is 11.6. The van der Waals surface area contributed by atoms with Gasteiger partial charge in [-0.3, -0.25) is 19.8 Å². The van der Waals surface area contributed by atoms with E-state index in [4.69, 9.17) is 9.47 Å². The second-order valence-electron chi connectivity index (χ2n) is 4.87. The molecule has 0 bridgehead atoms. The number of urea groups is 1. The summed E-state index contributed by atoms with van der Waals surface area (Å²) in [5, 5.41) is 2.13. The lowest BCUT2D eigenvalue weighted by Crippen LogP contribution is -2.52. The molecule has 1 aliphatic heterocycles. The third-order valence-electron chi connectivity index (χ3n) is 3.40. The Morgan fingerprint density at radius 2 is 1.86 bits per heavy atom. The average Bonchev–Trinajstić information content (AvgIpc) is 2.49. The molecule has 0 radical (unpaired) electrons. The quantitative estimate of drug-likeness (QED) is 0.796. The first-order valence-electron chi connectivity index (χ1n) is 6.90. The fraction of sp³-hybridized carbons (Fsp3) is 0.400. The summed E-state index contributed by atoms with van der Waals surface area (Å²) in [5.74, 6) is 0.278. The minimum Gasteiger partial charge on any atom is -0.493 e. The molecule has 1 heterocycles. The summed E-state index contributed by atoms with van der Waals surface area (Å²) in [7, 11) is 3.13. The molecule has 4 amide bonds. The van der Waals surface area contributed by atoms with Gasteiger partial charge in [-0.25, -0.2) is 4.79 Å². The molecule has 0 aliphatic carbocycles. The number of ether oxygens (including phenoxy) is 2. The monoisotopic (exact) mass is 306 g/mol. The summed E-state index contributed by atoms with van der Waals surface area (Å²) in [5.41, 5.74) is 1.01. The lowest BCUT2D eigenvalue weighted by molar-refractivity contribution is -0.136. The number of amides is 4. The number of methoxy groups -OCH3 is 2. The van der Waals surface area contributed by atoms with Crippen molar-refractivity contribution in [1.82, 2.24) is 10.2 Å². The van der Waals surface area contributed by atoms with E-state index < -0.39 is 17.8 Å². The largest absolute Gasteiger partial charge is 0.493 e. The maximum atomic E-state index is 11.6. The molecule has 7 heteroatoms. The second kappa shape index (κ2) is 6.93. The van der Waals surface area contributed by atoms with E-state index >= 15 is 0 Å². The van der Waals surface area contributed by atoms with E-state index in [1.165, 1.54) is 0 Å². The molecule has 0 saturated carbocycles. The van der Waals surface area contributed by atoms with Crippen LogP contribution in [0.4, 0.5) is 4.79 Å². The summed E-state index contributed by atoms with van der Waals surface area (Å²) >= 11 is 0. The van der Waals surface area contributed by atoms with Gasteiger partial charge in [-0.1, -0.05) is 6.07 Å². The van der Waals surface area contributed by atoms with Crippen molar-refractivity contribution in [3.8, 4) is 11.5 Å². The van der Waals surface area contributed by atoms with E-state index in [2.05, 4.69) is 5.32 Å². The molecule has 0 spiro atoms. The number of aryl methyl sites for hydroxylation is 1. The first-order valence-corrected chi connectivity index (χ1v) is 6.90. The molecule has 1 N–H and O–H groups in total. The van der Waals surface area contributed by atoms with Gasteiger partial charge in [0.25, 0.3) is 0 Å². The predicted octanol–water partition coefficient (Wildman–Crippen LogP) is 1.10. The van der Waals surface area contributed by atoms with Crippen LogP contribution in [-0.2, 0) is 16.0 Å². The number of hydrogen-bond acceptors (Lipinski definition) is 5. The Labute approximate surface area is 128 Å². The Morgan fingerprint density at radius 1 is 1.14 bits per heavy atom. The highest BCUT2D eigenvalue weighted by Gasteiger charge is 2.29. The van der Waals surface area contributed by atoms with Crippen LogP contribution in [0.2, 0.25) is 0 Å². The van der Waals surface area contributed by atoms with Crippen molar-refractivity contribution in [2.75, 3.05) is 20.8 Å². The van der Waals surface area contributed by atoms with Crippen molar-refractivity contribution in [2.24, 2.45) is 0 Å². The van der Waals surface area contributed by atoms with E-state index in [0.717, 1.165) is 10.5 Å². The number of benzene rings is 1. The SMILES string of the molecule is COc1ccc(CCCN2C(=O)CC(=O)NC2=O)cc1OC. The topological polar surface area (TPSA) is 84.9 Å². The number of barbiturate groups is 1. The fourth-order valence-electron chi connectivity index (χ4n) is 2.28. The first kappa shape index (κ1) is 15.8. The number of nitrogens with zero attached hydrogens (tertiary/aromatic N) is 1. The number of rotatable bonds is 6. The van der Waals surface area contributed by atoms with Crippen LogP contribution in [-0.4, -0.2) is 43.5 Å². The standard InChI is InChI=1S/C15H18N2O5/c1-21-11-6-5-10(8-12(11)22-2)4-3-7-17-14(19)9-13(18)16-15(17)20/h5-6,8H,3-4,7,9H2,1-2H3,(H,16,18,20). The van der Waals surface area contributed by atoms with E-state index in [1.54, 1.807) is 14.2 Å². The van der Waals surface area contributed by atoms with Crippen LogP contribution >= 0.6 is 0 Å². The summed E-state index contributed by atoms with van der Waals surface area (Å²) < 4.78 is 10.4. The summed E-state index contributed by atoms with van der Waals surface area (Å²) in [6.45, 7) is 0.270. The first-order chi connectivity index (χ1) is 10.5. The van der Waals surface area contributed by atoms with Gasteiger partial charge in [0, 0.05) is 6.54 Å². The van der Waals surface area contributed by atoms with Crippen molar-refractivity contribution < 1.29 is 23.9 Å². The highest BCUT2D eigenvalue weighted by atomic mass is 16.5. The smallest absolute Gasteiger partial charge is 0.330 e. The van der Waals surface area contributed by atoms with Crippen molar-refractivity contribution in [1.29, 1.82) is 0 Å². The van der Waals surface area contributed by atoms with Crippen LogP contribution < -0.4 is 14.8 Å². The number of nitrogens with one attached hydrogen (secondary N) is 1. The van der Waals surface area contributed by atoms with Gasteiger partial charge >= 0.3 is 6.03 Å². The third kappa shape index (κ3) is 3.55. The summed E-state index contributed by atoms with van der Waals surface area (Å²) in [6, 6.07) is 4.93. The molecule has 7 nitrogen and oxygen atoms in total. The van der Waals surface area contributed by atoms with Crippen LogP contribution in [0.15, 0.2) is 18.2 Å². The van der Waals surface area contributed by atoms with E-state index in [0.29, 0.717) is 24.3 Å². The lowest BCUT2D eigenvalue weighted by Gasteiger charge is -2.24. The van der Waals surface area contributed by atoms with Gasteiger partial charge in [0.2, 0.25) is 11.8 Å². The minimum atomic E-state index is -0.645. The van der Waals surface area contributed by atoms with Crippen molar-refractivity contribution in [2.45, 2.75) is 19.3 Å². The van der Waals surface area contributed by atoms with Gasteiger partial charge in [0.1, 0.15) is 6.42 Å². The molecule has 0 aromatic heterocycles. The Hall–Kier alpha value is -2.57. The molecular formula is C15H18N2O5. The minimum absolute atomic E-state index is 0.270. The lowest BCUT2D eigenvalue weighted by atomic mass is 10.1. The Kier molecular flexibility index (Phi) is 4.98. The third-order valence-corrected chi connectivity index (χ3v) is 3.40. The molecule has 22 heavy (non-hydrogen) atoms. The molecule has 1 aromatic rings. The van der Waals surface area contributed by atoms with Crippen LogP contribution in [0.1, 0.15) is 18.4 Å². The molecular weight excluding hydrogens is 288 g/mol. The highest BCUT2D eigenvalue weighted by Crippen LogP contribution is 2.28. The molecule has 0 atom stereocenters. The number of carbonyl (C=O) groups excluding carboxylic acids is 3. The normalized spacial score (nSPS) is 14.8. The Morgan fingerprint density at radius 3 is 2.50 bits per heavy atom. The van der Waals surface area contributed by atoms with E-state index in [9.17, 15) is 14.4 Å². The van der Waals surface area contributed by atoms with Crippen LogP contribution in [0.25, 0.3) is 0 Å². The molecule has 1 fully saturated rings. The van der Waals surface area contributed by atoms with Gasteiger partial charge in [-0.15, -0.1) is 0 Å². The van der Waals surface area contributed by atoms with Crippen LogP contribution in [0, 0.1) is 0 Å². The molecule has 1 saturated heterocycles. The zero-order valence-electron chi connectivity index (χ0n) is 12.5. The zero-order chi connectivity index (χ0) is 16.1. The Balaban J connectivity index is 1.92. The number of imide groups is 2. The van der Waals surface area contributed by atoms with Gasteiger partial charge in [-0.2, -0.15) is 0 Å². The van der Waals surface area contributed by atoms with Gasteiger partial charge < -0.3 is 9.47 Å². The van der Waals surface area contributed by atoms with Gasteiger partial charge in [0.15, 0.2) is 11.5 Å². The van der Waals surface area contributed by atoms with Crippen LogP contribution in [0.3, 0.4) is 0 Å². The number of carbonyl (C=O) groups is 3. The van der Waals surface area contributed by atoms with Crippen LogP contribution in [0.5, 0.6) is 11.5 Å². The van der Waals surface area contributed by atoms with Crippen molar-refractivity contribution in [3.05, 3.63) is 23.8 Å². The van der Waals surface area contributed by atoms with Crippen molar-refractivity contribution >= 4 is 17.8 Å². The molecule has 1 aromatic carbocycles. The average molecular weight is 306 g/mol. The second-order valence-corrected chi connectivity index (χ2v) is 4.87. The summed E-state index contributed by atoms with van der Waals surface area (Å²) in [4.78, 5) is 35.3. The maximum Gasteiger partial charge on any atom is 0.330 e. The van der Waals surface area contributed by atoms with Gasteiger partial charge in [0.05, 0.1) is 14.2 Å². The predicted molar refractivity (Wildman–Crippen MR) is 77.7 cm³/mol. The molecule has 2 rings (SSSR count). The zero-order valence-corrected chi connectivity index (χ0v) is 12.5. The number of hydrogen-bond donors (Lipinski definition) is 1. The summed E-state index contributed by atoms with van der Waals surface area (Å²) in [6.07, 6.45) is 0.996. The molecule has 0 unspecified atom stereocenters. The highest BCUT2D eigenvalue weighted by molar-refractivity contribution is 6.14. The van der Waals surface area contributed by atoms with Crippen molar-refractivity contribution in [3.63, 3.8) is 0 Å². The van der Waals surface area contributed by atoms with E-state index in [-0.39, 0.29) is 13.0 Å². The fourth-order valence-corrected chi connectivity index (χ4v) is 2.28.